The Balaban J connectivity index is 1.49. The smallest absolute Gasteiger partial charge is 0.381 e. The van der Waals surface area contributed by atoms with Crippen molar-refractivity contribution < 1.29 is 17.9 Å². The molecule has 0 aromatic carbocycles. The van der Waals surface area contributed by atoms with Crippen LogP contribution in [0.1, 0.15) is 31.4 Å². The SMILES string of the molecule is O=c1cc(C(F)(F)F)ncn1CC1CCN(CC2CCCOC2)CC1. The Morgan fingerprint density at radius 1 is 1.16 bits per heavy atom. The summed E-state index contributed by atoms with van der Waals surface area (Å²) in [5, 5.41) is 0. The lowest BCUT2D eigenvalue weighted by atomic mass is 9.94. The number of likely N-dealkylation sites (tertiary alicyclic amines) is 1. The van der Waals surface area contributed by atoms with Gasteiger partial charge < -0.3 is 9.64 Å². The third-order valence-electron chi connectivity index (χ3n) is 5.10. The summed E-state index contributed by atoms with van der Waals surface area (Å²) < 4.78 is 44.5. The summed E-state index contributed by atoms with van der Waals surface area (Å²) in [7, 11) is 0. The van der Waals surface area contributed by atoms with Crippen LogP contribution in [0.3, 0.4) is 0 Å². The van der Waals surface area contributed by atoms with E-state index in [2.05, 4.69) is 9.88 Å². The molecule has 2 saturated heterocycles. The summed E-state index contributed by atoms with van der Waals surface area (Å²) >= 11 is 0. The molecule has 3 rings (SSSR count). The normalized spacial score (nSPS) is 23.7. The fourth-order valence-corrected chi connectivity index (χ4v) is 3.66. The average molecular weight is 359 g/mol. The Morgan fingerprint density at radius 3 is 2.52 bits per heavy atom. The fraction of sp³-hybridized carbons (Fsp3) is 0.765. The number of piperidine rings is 1. The van der Waals surface area contributed by atoms with Gasteiger partial charge in [0.1, 0.15) is 0 Å². The van der Waals surface area contributed by atoms with Gasteiger partial charge in [0.15, 0.2) is 5.69 Å². The first-order valence-electron chi connectivity index (χ1n) is 8.85. The van der Waals surface area contributed by atoms with Crippen molar-refractivity contribution in [2.45, 2.75) is 38.4 Å². The molecule has 1 aromatic heterocycles. The molecule has 25 heavy (non-hydrogen) atoms. The van der Waals surface area contributed by atoms with Crippen LogP contribution in [0.15, 0.2) is 17.2 Å². The highest BCUT2D eigenvalue weighted by Crippen LogP contribution is 2.26. The second-order valence-corrected chi connectivity index (χ2v) is 7.09. The highest BCUT2D eigenvalue weighted by Gasteiger charge is 2.33. The molecule has 1 atom stereocenters. The summed E-state index contributed by atoms with van der Waals surface area (Å²) in [5.74, 6) is 0.905. The Hall–Kier alpha value is -1.41. The number of rotatable bonds is 4. The Bertz CT molecular complexity index is 618. The van der Waals surface area contributed by atoms with Gasteiger partial charge in [-0.3, -0.25) is 9.36 Å². The van der Waals surface area contributed by atoms with Crippen molar-refractivity contribution in [2.75, 3.05) is 32.8 Å². The summed E-state index contributed by atoms with van der Waals surface area (Å²) in [4.78, 5) is 17.7. The van der Waals surface area contributed by atoms with E-state index in [1.807, 2.05) is 0 Å². The topological polar surface area (TPSA) is 47.4 Å². The standard InChI is InChI=1S/C17H24F3N3O2/c18-17(19,20)15-8-16(24)23(12-21-15)10-13-3-5-22(6-4-13)9-14-2-1-7-25-11-14/h8,12-14H,1-7,9-11H2. The molecule has 1 aromatic rings. The average Bonchev–Trinajstić information content (AvgIpc) is 2.58. The molecule has 140 valence electrons. The third-order valence-corrected chi connectivity index (χ3v) is 5.10. The van der Waals surface area contributed by atoms with Crippen LogP contribution < -0.4 is 5.56 Å². The van der Waals surface area contributed by atoms with Crippen molar-refractivity contribution in [3.63, 3.8) is 0 Å². The van der Waals surface area contributed by atoms with Crippen molar-refractivity contribution in [2.24, 2.45) is 11.8 Å². The molecule has 2 fully saturated rings. The van der Waals surface area contributed by atoms with E-state index in [9.17, 15) is 18.0 Å². The van der Waals surface area contributed by atoms with Gasteiger partial charge in [0.2, 0.25) is 0 Å². The fourth-order valence-electron chi connectivity index (χ4n) is 3.66. The largest absolute Gasteiger partial charge is 0.433 e. The van der Waals surface area contributed by atoms with Crippen LogP contribution in [0, 0.1) is 11.8 Å². The van der Waals surface area contributed by atoms with Gasteiger partial charge in [0.25, 0.3) is 5.56 Å². The minimum atomic E-state index is -4.58. The number of ether oxygens (including phenoxy) is 1. The van der Waals surface area contributed by atoms with Crippen molar-refractivity contribution in [1.82, 2.24) is 14.5 Å². The van der Waals surface area contributed by atoms with E-state index in [1.165, 1.54) is 11.0 Å². The molecule has 3 heterocycles. The maximum absolute atomic E-state index is 12.6. The minimum absolute atomic E-state index is 0.301. The van der Waals surface area contributed by atoms with E-state index in [0.29, 0.717) is 24.4 Å². The zero-order valence-electron chi connectivity index (χ0n) is 14.2. The number of hydrogen-bond acceptors (Lipinski definition) is 4. The van der Waals surface area contributed by atoms with Gasteiger partial charge in [-0.1, -0.05) is 0 Å². The van der Waals surface area contributed by atoms with Crippen molar-refractivity contribution in [1.29, 1.82) is 0 Å². The lowest BCUT2D eigenvalue weighted by molar-refractivity contribution is -0.141. The van der Waals surface area contributed by atoms with Crippen LogP contribution in [0.25, 0.3) is 0 Å². The number of halogens is 3. The Labute approximate surface area is 144 Å². The van der Waals surface area contributed by atoms with Crippen LogP contribution in [-0.4, -0.2) is 47.3 Å². The highest BCUT2D eigenvalue weighted by atomic mass is 19.4. The lowest BCUT2D eigenvalue weighted by Gasteiger charge is -2.35. The van der Waals surface area contributed by atoms with Gasteiger partial charge in [0, 0.05) is 25.8 Å². The lowest BCUT2D eigenvalue weighted by Crippen LogP contribution is -2.40. The van der Waals surface area contributed by atoms with Crippen molar-refractivity contribution >= 4 is 0 Å². The second-order valence-electron chi connectivity index (χ2n) is 7.09. The zero-order chi connectivity index (χ0) is 17.9. The molecule has 0 radical (unpaired) electrons. The molecule has 1 unspecified atom stereocenters. The van der Waals surface area contributed by atoms with Gasteiger partial charge in [-0.05, 0) is 50.6 Å². The highest BCUT2D eigenvalue weighted by molar-refractivity contribution is 5.03. The maximum atomic E-state index is 12.6. The van der Waals surface area contributed by atoms with Crippen LogP contribution in [0.4, 0.5) is 13.2 Å². The Morgan fingerprint density at radius 2 is 1.92 bits per heavy atom. The summed E-state index contributed by atoms with van der Waals surface area (Å²) in [6.07, 6.45) is 0.683. The molecule has 0 aliphatic carbocycles. The molecular weight excluding hydrogens is 335 g/mol. The van der Waals surface area contributed by atoms with Crippen LogP contribution >= 0.6 is 0 Å². The monoisotopic (exact) mass is 359 g/mol. The second kappa shape index (κ2) is 7.86. The van der Waals surface area contributed by atoms with E-state index in [4.69, 9.17) is 4.74 Å². The van der Waals surface area contributed by atoms with Gasteiger partial charge in [-0.2, -0.15) is 13.2 Å². The van der Waals surface area contributed by atoms with E-state index in [0.717, 1.165) is 58.4 Å². The minimum Gasteiger partial charge on any atom is -0.381 e. The van der Waals surface area contributed by atoms with Crippen LogP contribution in [-0.2, 0) is 17.5 Å². The van der Waals surface area contributed by atoms with Crippen molar-refractivity contribution in [3.8, 4) is 0 Å². The third kappa shape index (κ3) is 5.04. The van der Waals surface area contributed by atoms with Gasteiger partial charge in [-0.15, -0.1) is 0 Å². The molecule has 0 amide bonds. The first kappa shape index (κ1) is 18.4. The predicted molar refractivity (Wildman–Crippen MR) is 86.2 cm³/mol. The van der Waals surface area contributed by atoms with Gasteiger partial charge in [0.05, 0.1) is 12.9 Å². The molecule has 0 spiro atoms. The molecule has 8 heteroatoms. The molecule has 0 N–H and O–H groups in total. The van der Waals surface area contributed by atoms with E-state index < -0.39 is 17.4 Å². The molecule has 0 saturated carbocycles. The summed E-state index contributed by atoms with van der Waals surface area (Å²) in [5.41, 5.74) is -1.76. The van der Waals surface area contributed by atoms with Gasteiger partial charge in [-0.25, -0.2) is 4.98 Å². The van der Waals surface area contributed by atoms with E-state index in [1.54, 1.807) is 0 Å². The summed E-state index contributed by atoms with van der Waals surface area (Å²) in [6, 6.07) is 0.582. The molecule has 2 aliphatic rings. The number of aromatic nitrogens is 2. The molecule has 0 bridgehead atoms. The molecule has 2 aliphatic heterocycles. The predicted octanol–water partition coefficient (Wildman–Crippen LogP) is 2.40. The van der Waals surface area contributed by atoms with Crippen molar-refractivity contribution in [3.05, 3.63) is 28.4 Å². The van der Waals surface area contributed by atoms with E-state index >= 15 is 0 Å². The first-order chi connectivity index (χ1) is 11.9. The maximum Gasteiger partial charge on any atom is 0.433 e. The Kier molecular flexibility index (Phi) is 5.78. The number of hydrogen-bond donors (Lipinski definition) is 0. The quantitative estimate of drug-likeness (QED) is 0.828. The van der Waals surface area contributed by atoms with Gasteiger partial charge >= 0.3 is 6.18 Å². The zero-order valence-corrected chi connectivity index (χ0v) is 14.2. The summed E-state index contributed by atoms with van der Waals surface area (Å²) in [6.45, 7) is 5.12. The first-order valence-corrected chi connectivity index (χ1v) is 8.85. The molecule has 5 nitrogen and oxygen atoms in total. The molecular formula is C17H24F3N3O2. The van der Waals surface area contributed by atoms with Crippen LogP contribution in [0.2, 0.25) is 0 Å². The van der Waals surface area contributed by atoms with Crippen LogP contribution in [0.5, 0.6) is 0 Å². The van der Waals surface area contributed by atoms with E-state index in [-0.39, 0.29) is 0 Å². The number of alkyl halides is 3. The number of nitrogens with zero attached hydrogens (tertiary/aromatic N) is 3.